The lowest BCUT2D eigenvalue weighted by Gasteiger charge is -2.28. The molecular weight excluding hydrogens is 308 g/mol. The van der Waals surface area contributed by atoms with Crippen molar-refractivity contribution in [2.45, 2.75) is 38.8 Å². The van der Waals surface area contributed by atoms with Crippen molar-refractivity contribution in [2.24, 2.45) is 5.92 Å². The Balaban J connectivity index is 1.66. The van der Waals surface area contributed by atoms with Crippen LogP contribution in [0.2, 0.25) is 0 Å². The maximum absolute atomic E-state index is 4.82. The van der Waals surface area contributed by atoms with Crippen LogP contribution in [0.4, 0.5) is 0 Å². The Morgan fingerprint density at radius 2 is 2.08 bits per heavy atom. The average molecular weight is 338 g/mol. The Kier molecular flexibility index (Phi) is 5.82. The third-order valence-corrected chi connectivity index (χ3v) is 5.20. The van der Waals surface area contributed by atoms with E-state index in [1.807, 2.05) is 18.5 Å². The van der Waals surface area contributed by atoms with Crippen molar-refractivity contribution < 1.29 is 0 Å². The van der Waals surface area contributed by atoms with Crippen LogP contribution in [0, 0.1) is 5.92 Å². The first-order valence-electron chi connectivity index (χ1n) is 9.29. The largest absolute Gasteiger partial charge is 0.300 e. The second-order valence-electron chi connectivity index (χ2n) is 7.67. The molecule has 0 aliphatic carbocycles. The van der Waals surface area contributed by atoms with Gasteiger partial charge < -0.3 is 4.90 Å². The van der Waals surface area contributed by atoms with Crippen molar-refractivity contribution in [1.29, 1.82) is 0 Å². The first-order valence-corrected chi connectivity index (χ1v) is 9.29. The summed E-state index contributed by atoms with van der Waals surface area (Å²) >= 11 is 0. The highest BCUT2D eigenvalue weighted by atomic mass is 15.2. The molecule has 4 nitrogen and oxygen atoms in total. The molecule has 134 valence electrons. The van der Waals surface area contributed by atoms with Gasteiger partial charge in [-0.15, -0.1) is 0 Å². The Morgan fingerprint density at radius 3 is 2.80 bits per heavy atom. The molecule has 4 heteroatoms. The molecule has 0 radical (unpaired) electrons. The summed E-state index contributed by atoms with van der Waals surface area (Å²) in [5.74, 6) is 1.11. The maximum atomic E-state index is 4.82. The van der Waals surface area contributed by atoms with E-state index in [9.17, 15) is 0 Å². The fraction of sp³-hybridized carbons (Fsp3) is 0.524. The average Bonchev–Trinajstić information content (AvgIpc) is 2.96. The molecule has 25 heavy (non-hydrogen) atoms. The van der Waals surface area contributed by atoms with Crippen molar-refractivity contribution in [2.75, 3.05) is 27.2 Å². The predicted molar refractivity (Wildman–Crippen MR) is 102 cm³/mol. The number of nitrogens with zero attached hydrogens (tertiary/aromatic N) is 4. The minimum atomic E-state index is 0.464. The molecule has 3 heterocycles. The van der Waals surface area contributed by atoms with E-state index < -0.39 is 0 Å². The molecule has 0 bridgehead atoms. The Labute approximate surface area is 151 Å². The monoisotopic (exact) mass is 338 g/mol. The van der Waals surface area contributed by atoms with Gasteiger partial charge in [0.2, 0.25) is 0 Å². The van der Waals surface area contributed by atoms with Crippen LogP contribution in [0.3, 0.4) is 0 Å². The molecular formula is C21H30N4. The molecule has 0 amide bonds. The van der Waals surface area contributed by atoms with E-state index in [0.29, 0.717) is 17.9 Å². The molecule has 1 aliphatic heterocycles. The zero-order chi connectivity index (χ0) is 17.8. The second-order valence-corrected chi connectivity index (χ2v) is 7.67. The molecule has 3 rings (SSSR count). The summed E-state index contributed by atoms with van der Waals surface area (Å²) in [4.78, 5) is 14.0. The fourth-order valence-corrected chi connectivity index (χ4v) is 3.94. The number of hydrogen-bond acceptors (Lipinski definition) is 4. The number of aromatic nitrogens is 2. The fourth-order valence-electron chi connectivity index (χ4n) is 3.94. The summed E-state index contributed by atoms with van der Waals surface area (Å²) in [5.41, 5.74) is 3.68. The van der Waals surface area contributed by atoms with Crippen LogP contribution in [-0.4, -0.2) is 47.0 Å². The molecule has 1 fully saturated rings. The molecule has 0 spiro atoms. The Bertz CT molecular complexity index is 671. The zero-order valence-corrected chi connectivity index (χ0v) is 15.9. The van der Waals surface area contributed by atoms with Crippen molar-refractivity contribution in [3.8, 4) is 0 Å². The van der Waals surface area contributed by atoms with Gasteiger partial charge in [-0.3, -0.25) is 14.9 Å². The van der Waals surface area contributed by atoms with Gasteiger partial charge in [-0.05, 0) is 62.7 Å². The van der Waals surface area contributed by atoms with Gasteiger partial charge in [0.15, 0.2) is 0 Å². The summed E-state index contributed by atoms with van der Waals surface area (Å²) in [6.45, 7) is 7.53. The lowest BCUT2D eigenvalue weighted by atomic mass is 9.94. The lowest BCUT2D eigenvalue weighted by Crippen LogP contribution is -2.30. The van der Waals surface area contributed by atoms with Gasteiger partial charge >= 0.3 is 0 Å². The van der Waals surface area contributed by atoms with Crippen LogP contribution < -0.4 is 0 Å². The molecule has 0 unspecified atom stereocenters. The van der Waals surface area contributed by atoms with Crippen LogP contribution >= 0.6 is 0 Å². The molecule has 0 N–H and O–H groups in total. The highest BCUT2D eigenvalue weighted by Gasteiger charge is 2.33. The van der Waals surface area contributed by atoms with E-state index in [1.165, 1.54) is 17.7 Å². The lowest BCUT2D eigenvalue weighted by molar-refractivity contribution is 0.212. The summed E-state index contributed by atoms with van der Waals surface area (Å²) in [6.07, 6.45) is 5.11. The molecule has 1 aliphatic rings. The van der Waals surface area contributed by atoms with Gasteiger partial charge in [0.25, 0.3) is 0 Å². The van der Waals surface area contributed by atoms with Crippen molar-refractivity contribution >= 4 is 0 Å². The van der Waals surface area contributed by atoms with Gasteiger partial charge in [0, 0.05) is 37.2 Å². The minimum Gasteiger partial charge on any atom is -0.300 e. The summed E-state index contributed by atoms with van der Waals surface area (Å²) in [6, 6.07) is 11.1. The molecule has 0 saturated carbocycles. The maximum Gasteiger partial charge on any atom is 0.0547 e. The second kappa shape index (κ2) is 8.07. The predicted octanol–water partition coefficient (Wildman–Crippen LogP) is 3.72. The van der Waals surface area contributed by atoms with E-state index in [0.717, 1.165) is 25.3 Å². The van der Waals surface area contributed by atoms with Crippen molar-refractivity contribution in [3.05, 3.63) is 59.7 Å². The van der Waals surface area contributed by atoms with E-state index in [4.69, 9.17) is 4.98 Å². The number of rotatable bonds is 6. The Morgan fingerprint density at radius 1 is 1.24 bits per heavy atom. The van der Waals surface area contributed by atoms with E-state index in [-0.39, 0.29) is 0 Å². The van der Waals surface area contributed by atoms with Crippen LogP contribution in [0.5, 0.6) is 0 Å². The molecule has 2 atom stereocenters. The summed E-state index contributed by atoms with van der Waals surface area (Å²) < 4.78 is 0. The van der Waals surface area contributed by atoms with E-state index in [2.05, 4.69) is 67.0 Å². The molecule has 2 aromatic rings. The van der Waals surface area contributed by atoms with Crippen LogP contribution in [-0.2, 0) is 6.54 Å². The van der Waals surface area contributed by atoms with Gasteiger partial charge in [0.1, 0.15) is 0 Å². The van der Waals surface area contributed by atoms with Gasteiger partial charge in [-0.25, -0.2) is 0 Å². The normalized spacial score (nSPS) is 21.4. The minimum absolute atomic E-state index is 0.464. The molecule has 2 aromatic heterocycles. The highest BCUT2D eigenvalue weighted by molar-refractivity contribution is 5.17. The van der Waals surface area contributed by atoms with E-state index >= 15 is 0 Å². The smallest absolute Gasteiger partial charge is 0.0547 e. The third kappa shape index (κ3) is 4.44. The number of likely N-dealkylation sites (tertiary alicyclic amines) is 1. The van der Waals surface area contributed by atoms with Gasteiger partial charge in [0.05, 0.1) is 5.69 Å². The van der Waals surface area contributed by atoms with Crippen molar-refractivity contribution in [1.82, 2.24) is 19.8 Å². The van der Waals surface area contributed by atoms with Crippen LogP contribution in [0.1, 0.15) is 49.2 Å². The third-order valence-electron chi connectivity index (χ3n) is 5.20. The standard InChI is InChI=1S/C21H30N4/c1-16(2)20-9-5-8-19(23-20)15-24(3)14-18-10-12-25(4)21(18)17-7-6-11-22-13-17/h5-9,11,13,16,18,21H,10,12,14-15H2,1-4H3/t18-,21-/m0/s1. The van der Waals surface area contributed by atoms with E-state index in [1.54, 1.807) is 0 Å². The number of hydrogen-bond donors (Lipinski definition) is 0. The van der Waals surface area contributed by atoms with Gasteiger partial charge in [-0.2, -0.15) is 0 Å². The van der Waals surface area contributed by atoms with Gasteiger partial charge in [-0.1, -0.05) is 26.0 Å². The highest BCUT2D eigenvalue weighted by Crippen LogP contribution is 2.36. The van der Waals surface area contributed by atoms with Crippen LogP contribution in [0.25, 0.3) is 0 Å². The first kappa shape index (κ1) is 18.0. The number of pyridine rings is 2. The first-order chi connectivity index (χ1) is 12.0. The SMILES string of the molecule is CC(C)c1cccc(CN(C)C[C@@H]2CCN(C)[C@H]2c2cccnc2)n1. The summed E-state index contributed by atoms with van der Waals surface area (Å²) in [5, 5.41) is 0. The summed E-state index contributed by atoms with van der Waals surface area (Å²) in [7, 11) is 4.44. The molecule has 0 aromatic carbocycles. The molecule has 1 saturated heterocycles. The Hall–Kier alpha value is -1.78. The zero-order valence-electron chi connectivity index (χ0n) is 15.9. The van der Waals surface area contributed by atoms with Crippen molar-refractivity contribution in [3.63, 3.8) is 0 Å². The topological polar surface area (TPSA) is 32.3 Å². The quantitative estimate of drug-likeness (QED) is 0.803. The van der Waals surface area contributed by atoms with Crippen LogP contribution in [0.15, 0.2) is 42.7 Å².